The van der Waals surface area contributed by atoms with E-state index in [0.717, 1.165) is 23.0 Å². The molecular formula is C19H19N3O2. The fourth-order valence-electron chi connectivity index (χ4n) is 2.90. The van der Waals surface area contributed by atoms with Crippen LogP contribution in [0.5, 0.6) is 0 Å². The third-order valence-electron chi connectivity index (χ3n) is 4.42. The van der Waals surface area contributed by atoms with E-state index in [-0.39, 0.29) is 18.3 Å². The van der Waals surface area contributed by atoms with Crippen LogP contribution in [0.3, 0.4) is 0 Å². The van der Waals surface area contributed by atoms with Crippen molar-refractivity contribution in [1.82, 2.24) is 4.90 Å². The summed E-state index contributed by atoms with van der Waals surface area (Å²) in [5, 5.41) is 0. The van der Waals surface area contributed by atoms with Crippen molar-refractivity contribution in [3.05, 3.63) is 59.7 Å². The molecule has 0 bridgehead atoms. The Balaban J connectivity index is 2.05. The summed E-state index contributed by atoms with van der Waals surface area (Å²) >= 11 is 0. The average molecular weight is 321 g/mol. The van der Waals surface area contributed by atoms with Crippen molar-refractivity contribution in [3.8, 4) is 11.1 Å². The zero-order valence-electron chi connectivity index (χ0n) is 13.7. The molecular weight excluding hydrogens is 302 g/mol. The van der Waals surface area contributed by atoms with Gasteiger partial charge in [-0.2, -0.15) is 0 Å². The quantitative estimate of drug-likeness (QED) is 0.883. The van der Waals surface area contributed by atoms with E-state index in [1.54, 1.807) is 13.1 Å². The number of amides is 1. The molecule has 24 heavy (non-hydrogen) atoms. The van der Waals surface area contributed by atoms with Crippen molar-refractivity contribution in [2.75, 3.05) is 7.05 Å². The van der Waals surface area contributed by atoms with Crippen LogP contribution in [0.4, 0.5) is 0 Å². The fourth-order valence-corrected chi connectivity index (χ4v) is 2.90. The van der Waals surface area contributed by atoms with Gasteiger partial charge in [-0.1, -0.05) is 36.4 Å². The molecule has 5 nitrogen and oxygen atoms in total. The second kappa shape index (κ2) is 5.92. The SMILES string of the molecule is CN1C(=O)CC(C)(c2cccc(-c3cccc(C=O)c3)c2)N=C1N. The Kier molecular flexibility index (Phi) is 3.93. The molecule has 1 amide bonds. The number of aldehydes is 1. The number of hydrogen-bond acceptors (Lipinski definition) is 4. The van der Waals surface area contributed by atoms with Crippen molar-refractivity contribution < 1.29 is 9.59 Å². The van der Waals surface area contributed by atoms with Crippen molar-refractivity contribution >= 4 is 18.2 Å². The minimum Gasteiger partial charge on any atom is -0.369 e. The van der Waals surface area contributed by atoms with Gasteiger partial charge in [0.05, 0.1) is 12.0 Å². The Morgan fingerprint density at radius 2 is 1.83 bits per heavy atom. The van der Waals surface area contributed by atoms with Crippen LogP contribution in [0.2, 0.25) is 0 Å². The first-order chi connectivity index (χ1) is 11.4. The molecule has 2 aromatic carbocycles. The average Bonchev–Trinajstić information content (AvgIpc) is 2.60. The number of hydrogen-bond donors (Lipinski definition) is 1. The van der Waals surface area contributed by atoms with E-state index in [1.807, 2.05) is 49.4 Å². The van der Waals surface area contributed by atoms with Crippen LogP contribution in [-0.2, 0) is 10.3 Å². The van der Waals surface area contributed by atoms with Crippen LogP contribution in [-0.4, -0.2) is 30.1 Å². The maximum Gasteiger partial charge on any atom is 0.231 e. The van der Waals surface area contributed by atoms with Gasteiger partial charge in [-0.25, -0.2) is 4.99 Å². The van der Waals surface area contributed by atoms with Crippen molar-refractivity contribution in [1.29, 1.82) is 0 Å². The number of carbonyl (C=O) groups is 2. The minimum absolute atomic E-state index is 0.0571. The predicted octanol–water partition coefficient (Wildman–Crippen LogP) is 2.56. The van der Waals surface area contributed by atoms with Crippen LogP contribution in [0, 0.1) is 0 Å². The summed E-state index contributed by atoms with van der Waals surface area (Å²) in [6.45, 7) is 1.91. The smallest absolute Gasteiger partial charge is 0.231 e. The predicted molar refractivity (Wildman–Crippen MR) is 93.6 cm³/mol. The number of aliphatic imine (C=N–C) groups is 1. The van der Waals surface area contributed by atoms with Gasteiger partial charge < -0.3 is 5.73 Å². The fraction of sp³-hybridized carbons (Fsp3) is 0.211. The third kappa shape index (κ3) is 2.80. The van der Waals surface area contributed by atoms with Gasteiger partial charge in [-0.15, -0.1) is 0 Å². The topological polar surface area (TPSA) is 75.8 Å². The molecule has 5 heteroatoms. The van der Waals surface area contributed by atoms with Gasteiger partial charge in [0.1, 0.15) is 6.29 Å². The molecule has 0 saturated carbocycles. The number of nitrogens with zero attached hydrogens (tertiary/aromatic N) is 2. The lowest BCUT2D eigenvalue weighted by molar-refractivity contribution is -0.128. The lowest BCUT2D eigenvalue weighted by Gasteiger charge is -2.33. The van der Waals surface area contributed by atoms with Crippen molar-refractivity contribution in [2.45, 2.75) is 18.9 Å². The number of rotatable bonds is 3. The van der Waals surface area contributed by atoms with Crippen LogP contribution >= 0.6 is 0 Å². The summed E-state index contributed by atoms with van der Waals surface area (Å²) in [6.07, 6.45) is 1.09. The highest BCUT2D eigenvalue weighted by Crippen LogP contribution is 2.34. The maximum absolute atomic E-state index is 12.2. The van der Waals surface area contributed by atoms with Crippen LogP contribution < -0.4 is 5.73 Å². The first kappa shape index (κ1) is 15.9. The molecule has 0 spiro atoms. The van der Waals surface area contributed by atoms with Gasteiger partial charge in [0.15, 0.2) is 5.96 Å². The van der Waals surface area contributed by atoms with Crippen LogP contribution in [0.25, 0.3) is 11.1 Å². The molecule has 0 radical (unpaired) electrons. The van der Waals surface area contributed by atoms with E-state index >= 15 is 0 Å². The van der Waals surface area contributed by atoms with E-state index in [4.69, 9.17) is 5.73 Å². The Bertz CT molecular complexity index is 844. The molecule has 3 rings (SSSR count). The number of nitrogens with two attached hydrogens (primary N) is 1. The Hall–Kier alpha value is -2.95. The van der Waals surface area contributed by atoms with Gasteiger partial charge >= 0.3 is 0 Å². The lowest BCUT2D eigenvalue weighted by atomic mass is 9.86. The highest BCUT2D eigenvalue weighted by Gasteiger charge is 2.36. The molecule has 0 aromatic heterocycles. The van der Waals surface area contributed by atoms with Crippen molar-refractivity contribution in [2.24, 2.45) is 10.7 Å². The molecule has 0 fully saturated rings. The van der Waals surface area contributed by atoms with E-state index < -0.39 is 5.54 Å². The third-order valence-corrected chi connectivity index (χ3v) is 4.42. The number of carbonyl (C=O) groups excluding carboxylic acids is 2. The van der Waals surface area contributed by atoms with Gasteiger partial charge in [0.25, 0.3) is 0 Å². The second-order valence-electron chi connectivity index (χ2n) is 6.20. The highest BCUT2D eigenvalue weighted by atomic mass is 16.2. The first-order valence-corrected chi connectivity index (χ1v) is 7.71. The van der Waals surface area contributed by atoms with E-state index in [9.17, 15) is 9.59 Å². The summed E-state index contributed by atoms with van der Waals surface area (Å²) < 4.78 is 0. The molecule has 1 aliphatic rings. The molecule has 0 aliphatic carbocycles. The Morgan fingerprint density at radius 3 is 2.50 bits per heavy atom. The van der Waals surface area contributed by atoms with Gasteiger partial charge in [0.2, 0.25) is 5.91 Å². The number of guanidine groups is 1. The van der Waals surface area contributed by atoms with Gasteiger partial charge in [0, 0.05) is 12.6 Å². The lowest BCUT2D eigenvalue weighted by Crippen LogP contribution is -2.47. The molecule has 1 atom stereocenters. The Labute approximate surface area is 140 Å². The maximum atomic E-state index is 12.2. The summed E-state index contributed by atoms with van der Waals surface area (Å²) in [4.78, 5) is 29.0. The second-order valence-corrected chi connectivity index (χ2v) is 6.20. The largest absolute Gasteiger partial charge is 0.369 e. The molecule has 1 unspecified atom stereocenters. The highest BCUT2D eigenvalue weighted by molar-refractivity contribution is 5.98. The molecule has 1 heterocycles. The van der Waals surface area contributed by atoms with Gasteiger partial charge in [-0.3, -0.25) is 14.5 Å². The molecule has 1 aliphatic heterocycles. The summed E-state index contributed by atoms with van der Waals surface area (Å²) in [7, 11) is 1.63. The zero-order chi connectivity index (χ0) is 17.3. The normalized spacial score (nSPS) is 20.7. The number of benzene rings is 2. The van der Waals surface area contributed by atoms with Gasteiger partial charge in [-0.05, 0) is 35.7 Å². The van der Waals surface area contributed by atoms with Crippen molar-refractivity contribution in [3.63, 3.8) is 0 Å². The van der Waals surface area contributed by atoms with E-state index in [1.165, 1.54) is 4.90 Å². The summed E-state index contributed by atoms with van der Waals surface area (Å²) in [5.74, 6) is 0.167. The first-order valence-electron chi connectivity index (χ1n) is 7.71. The summed E-state index contributed by atoms with van der Waals surface area (Å²) in [5.41, 5.74) is 8.66. The Morgan fingerprint density at radius 1 is 1.17 bits per heavy atom. The monoisotopic (exact) mass is 321 g/mol. The van der Waals surface area contributed by atoms with Crippen LogP contribution in [0.15, 0.2) is 53.5 Å². The molecule has 0 saturated heterocycles. The summed E-state index contributed by atoms with van der Waals surface area (Å²) in [6, 6.07) is 15.3. The standard InChI is InChI=1S/C19H19N3O2/c1-19(11-17(24)22(2)18(20)21-19)16-8-4-7-15(10-16)14-6-3-5-13(9-14)12-23/h3-10,12H,11H2,1-2H3,(H2,20,21). The minimum atomic E-state index is -0.689. The van der Waals surface area contributed by atoms with E-state index in [0.29, 0.717) is 5.56 Å². The van der Waals surface area contributed by atoms with E-state index in [2.05, 4.69) is 4.99 Å². The molecule has 122 valence electrons. The molecule has 2 N–H and O–H groups in total. The van der Waals surface area contributed by atoms with Crippen LogP contribution in [0.1, 0.15) is 29.3 Å². The molecule has 2 aromatic rings. The zero-order valence-corrected chi connectivity index (χ0v) is 13.7.